The summed E-state index contributed by atoms with van der Waals surface area (Å²) in [4.78, 5) is 0. The summed E-state index contributed by atoms with van der Waals surface area (Å²) in [7, 11) is 0. The van der Waals surface area contributed by atoms with Crippen LogP contribution in [0.25, 0.3) is 0 Å². The minimum absolute atomic E-state index is 0.551. The van der Waals surface area contributed by atoms with Crippen LogP contribution in [0.4, 0.5) is 0 Å². The molecule has 4 heteroatoms. The van der Waals surface area contributed by atoms with Crippen molar-refractivity contribution in [2.75, 3.05) is 0 Å². The Bertz CT molecular complexity index is 198. The van der Waals surface area contributed by atoms with Crippen LogP contribution in [0.15, 0.2) is 0 Å². The second-order valence-electron chi connectivity index (χ2n) is 2.90. The molecule has 1 aliphatic rings. The van der Waals surface area contributed by atoms with Crippen molar-refractivity contribution in [2.24, 2.45) is 0 Å². The number of rotatable bonds is 0. The normalized spacial score (nSPS) is 48.4. The Balaban J connectivity index is 2.72. The molecule has 1 fully saturated rings. The lowest BCUT2D eigenvalue weighted by molar-refractivity contribution is -0.201. The molecule has 0 spiro atoms. The van der Waals surface area contributed by atoms with Gasteiger partial charge < -0.3 is 20.1 Å². The summed E-state index contributed by atoms with van der Waals surface area (Å²) in [5.41, 5.74) is 0. The van der Waals surface area contributed by atoms with Gasteiger partial charge in [0.2, 0.25) is 0 Å². The van der Waals surface area contributed by atoms with Crippen molar-refractivity contribution in [1.29, 1.82) is 0 Å². The zero-order valence-corrected chi connectivity index (χ0v) is 6.71. The summed E-state index contributed by atoms with van der Waals surface area (Å²) in [5.74, 6) is 2.19. The topological polar surface area (TPSA) is 69.9 Å². The highest BCUT2D eigenvalue weighted by molar-refractivity contribution is 5.05. The van der Waals surface area contributed by atoms with Gasteiger partial charge in [0.05, 0.1) is 6.10 Å². The van der Waals surface area contributed by atoms with Gasteiger partial charge in [-0.15, -0.1) is 6.42 Å². The molecule has 0 aromatic carbocycles. The SMILES string of the molecule is C#CC1O[C@@H](C)[C@@H](O)[C@@H](O)[C@@H]1O. The van der Waals surface area contributed by atoms with Crippen molar-refractivity contribution in [1.82, 2.24) is 0 Å². The lowest BCUT2D eigenvalue weighted by Crippen LogP contribution is -2.56. The molecule has 0 amide bonds. The van der Waals surface area contributed by atoms with Gasteiger partial charge in [-0.05, 0) is 6.92 Å². The first-order valence-corrected chi connectivity index (χ1v) is 3.73. The first kappa shape index (κ1) is 9.49. The second-order valence-corrected chi connectivity index (χ2v) is 2.90. The van der Waals surface area contributed by atoms with Crippen molar-refractivity contribution in [3.05, 3.63) is 0 Å². The third-order valence-electron chi connectivity index (χ3n) is 2.02. The quantitative estimate of drug-likeness (QED) is 0.388. The number of hydrogen-bond acceptors (Lipinski definition) is 4. The summed E-state index contributed by atoms with van der Waals surface area (Å²) in [6.45, 7) is 1.59. The van der Waals surface area contributed by atoms with E-state index in [0.717, 1.165) is 0 Å². The molecule has 1 aliphatic heterocycles. The minimum Gasteiger partial charge on any atom is -0.388 e. The Morgan fingerprint density at radius 2 is 1.75 bits per heavy atom. The summed E-state index contributed by atoms with van der Waals surface area (Å²) in [5, 5.41) is 27.7. The van der Waals surface area contributed by atoms with E-state index in [2.05, 4.69) is 5.92 Å². The molecule has 12 heavy (non-hydrogen) atoms. The van der Waals surface area contributed by atoms with Crippen LogP contribution < -0.4 is 0 Å². The zero-order chi connectivity index (χ0) is 9.30. The van der Waals surface area contributed by atoms with Gasteiger partial charge in [-0.3, -0.25) is 0 Å². The maximum Gasteiger partial charge on any atom is 0.146 e. The first-order valence-electron chi connectivity index (χ1n) is 3.73. The fraction of sp³-hybridized carbons (Fsp3) is 0.750. The average Bonchev–Trinajstić information content (AvgIpc) is 2.08. The maximum atomic E-state index is 9.25. The van der Waals surface area contributed by atoms with E-state index in [1.54, 1.807) is 6.92 Å². The molecule has 0 bridgehead atoms. The molecule has 1 rings (SSSR count). The standard InChI is InChI=1S/C8H12O4/c1-3-5-7(10)8(11)6(9)4(2)12-5/h1,4-11H,2H3/t4-,5?,6+,7+,8+/m0/s1. The van der Waals surface area contributed by atoms with Crippen molar-refractivity contribution in [2.45, 2.75) is 37.4 Å². The van der Waals surface area contributed by atoms with E-state index in [9.17, 15) is 15.3 Å². The maximum absolute atomic E-state index is 9.25. The predicted octanol–water partition coefficient (Wildman–Crippen LogP) is -1.51. The van der Waals surface area contributed by atoms with Crippen molar-refractivity contribution < 1.29 is 20.1 Å². The van der Waals surface area contributed by atoms with E-state index in [0.29, 0.717) is 0 Å². The Morgan fingerprint density at radius 3 is 2.25 bits per heavy atom. The van der Waals surface area contributed by atoms with E-state index in [1.165, 1.54) is 0 Å². The molecule has 0 radical (unpaired) electrons. The Kier molecular flexibility index (Phi) is 2.70. The molecule has 68 valence electrons. The van der Waals surface area contributed by atoms with E-state index >= 15 is 0 Å². The van der Waals surface area contributed by atoms with Crippen LogP contribution in [0.1, 0.15) is 6.92 Å². The molecule has 1 saturated heterocycles. The van der Waals surface area contributed by atoms with Gasteiger partial charge in [-0.1, -0.05) is 5.92 Å². The van der Waals surface area contributed by atoms with Crippen LogP contribution in [-0.4, -0.2) is 45.8 Å². The van der Waals surface area contributed by atoms with Gasteiger partial charge in [-0.25, -0.2) is 0 Å². The average molecular weight is 172 g/mol. The largest absolute Gasteiger partial charge is 0.388 e. The van der Waals surface area contributed by atoms with Crippen LogP contribution in [-0.2, 0) is 4.74 Å². The molecular weight excluding hydrogens is 160 g/mol. The molecule has 4 nitrogen and oxygen atoms in total. The number of ether oxygens (including phenoxy) is 1. The Morgan fingerprint density at radius 1 is 1.17 bits per heavy atom. The molecule has 1 unspecified atom stereocenters. The van der Waals surface area contributed by atoms with E-state index in [1.807, 2.05) is 0 Å². The van der Waals surface area contributed by atoms with Crippen LogP contribution in [0.5, 0.6) is 0 Å². The molecule has 0 aromatic heterocycles. The molecule has 3 N–H and O–H groups in total. The Labute approximate surface area is 70.8 Å². The van der Waals surface area contributed by atoms with Gasteiger partial charge in [-0.2, -0.15) is 0 Å². The van der Waals surface area contributed by atoms with Crippen LogP contribution in [0.3, 0.4) is 0 Å². The fourth-order valence-corrected chi connectivity index (χ4v) is 1.19. The smallest absolute Gasteiger partial charge is 0.146 e. The summed E-state index contributed by atoms with van der Waals surface area (Å²) >= 11 is 0. The molecule has 0 aliphatic carbocycles. The number of aliphatic hydroxyl groups is 3. The first-order chi connectivity index (χ1) is 5.57. The summed E-state index contributed by atoms with van der Waals surface area (Å²) in [6.07, 6.45) is 0.136. The van der Waals surface area contributed by atoms with Crippen LogP contribution >= 0.6 is 0 Å². The molecular formula is C8H12O4. The predicted molar refractivity (Wildman–Crippen MR) is 41.2 cm³/mol. The fourth-order valence-electron chi connectivity index (χ4n) is 1.19. The zero-order valence-electron chi connectivity index (χ0n) is 6.71. The van der Waals surface area contributed by atoms with Gasteiger partial charge in [0.25, 0.3) is 0 Å². The van der Waals surface area contributed by atoms with Crippen LogP contribution in [0, 0.1) is 12.3 Å². The number of aliphatic hydroxyl groups excluding tert-OH is 3. The van der Waals surface area contributed by atoms with Crippen molar-refractivity contribution in [3.8, 4) is 12.3 Å². The summed E-state index contributed by atoms with van der Waals surface area (Å²) < 4.78 is 5.03. The van der Waals surface area contributed by atoms with Gasteiger partial charge in [0.1, 0.15) is 24.4 Å². The van der Waals surface area contributed by atoms with Gasteiger partial charge >= 0.3 is 0 Å². The third-order valence-corrected chi connectivity index (χ3v) is 2.02. The lowest BCUT2D eigenvalue weighted by Gasteiger charge is -2.37. The molecule has 0 aromatic rings. The van der Waals surface area contributed by atoms with Gasteiger partial charge in [0.15, 0.2) is 0 Å². The third kappa shape index (κ3) is 1.45. The highest BCUT2D eigenvalue weighted by Gasteiger charge is 2.40. The lowest BCUT2D eigenvalue weighted by atomic mass is 9.96. The van der Waals surface area contributed by atoms with E-state index in [4.69, 9.17) is 11.2 Å². The molecule has 5 atom stereocenters. The van der Waals surface area contributed by atoms with Gasteiger partial charge in [0, 0.05) is 0 Å². The Hall–Kier alpha value is -0.600. The molecule has 1 heterocycles. The molecule has 0 saturated carbocycles. The van der Waals surface area contributed by atoms with E-state index in [-0.39, 0.29) is 0 Å². The number of hydrogen-bond donors (Lipinski definition) is 3. The van der Waals surface area contributed by atoms with Crippen molar-refractivity contribution in [3.63, 3.8) is 0 Å². The highest BCUT2D eigenvalue weighted by Crippen LogP contribution is 2.19. The highest BCUT2D eigenvalue weighted by atomic mass is 16.5. The summed E-state index contributed by atoms with van der Waals surface area (Å²) in [6, 6.07) is 0. The minimum atomic E-state index is -1.23. The van der Waals surface area contributed by atoms with Crippen molar-refractivity contribution >= 4 is 0 Å². The van der Waals surface area contributed by atoms with Crippen LogP contribution in [0.2, 0.25) is 0 Å². The monoisotopic (exact) mass is 172 g/mol. The second kappa shape index (κ2) is 3.42. The van der Waals surface area contributed by atoms with E-state index < -0.39 is 30.5 Å². The number of terminal acetylenes is 1.